The number of aliphatic hydroxyl groups is 1. The summed E-state index contributed by atoms with van der Waals surface area (Å²) >= 11 is 0. The number of hydrogen-bond acceptors (Lipinski definition) is 4. The summed E-state index contributed by atoms with van der Waals surface area (Å²) in [5, 5.41) is 13.6. The van der Waals surface area contributed by atoms with Crippen LogP contribution in [0.25, 0.3) is 0 Å². The first kappa shape index (κ1) is 17.7. The number of amides is 1. The molecule has 5 heteroatoms. The number of esters is 1. The Bertz CT molecular complexity index is 687. The van der Waals surface area contributed by atoms with Crippen LogP contribution in [0, 0.1) is 0 Å². The van der Waals surface area contributed by atoms with Crippen LogP contribution in [0.3, 0.4) is 0 Å². The Hall–Kier alpha value is -2.66. The molecule has 2 atom stereocenters. The third-order valence-electron chi connectivity index (χ3n) is 3.96. The minimum Gasteiger partial charge on any atom is -0.467 e. The van der Waals surface area contributed by atoms with Crippen molar-refractivity contribution >= 4 is 11.9 Å². The molecule has 0 aliphatic heterocycles. The molecule has 0 heterocycles. The van der Waals surface area contributed by atoms with Gasteiger partial charge in [-0.2, -0.15) is 0 Å². The summed E-state index contributed by atoms with van der Waals surface area (Å²) in [6, 6.07) is 16.9. The average Bonchev–Trinajstić information content (AvgIpc) is 2.62. The first-order valence-corrected chi connectivity index (χ1v) is 7.68. The van der Waals surface area contributed by atoms with E-state index < -0.39 is 17.6 Å². The summed E-state index contributed by atoms with van der Waals surface area (Å²) < 4.78 is 4.76. The van der Waals surface area contributed by atoms with Crippen LogP contribution < -0.4 is 5.32 Å². The molecule has 0 radical (unpaired) electrons. The van der Waals surface area contributed by atoms with Crippen molar-refractivity contribution in [1.29, 1.82) is 0 Å². The smallest absolute Gasteiger partial charge is 0.340 e. The second kappa shape index (κ2) is 7.75. The number of nitrogens with one attached hydrogen (secondary N) is 1. The van der Waals surface area contributed by atoms with Crippen LogP contribution in [0.15, 0.2) is 60.7 Å². The molecular weight excluding hydrogens is 306 g/mol. The van der Waals surface area contributed by atoms with Crippen LogP contribution in [0.1, 0.15) is 22.8 Å². The minimum absolute atomic E-state index is 0.0384. The maximum Gasteiger partial charge on any atom is 0.340 e. The van der Waals surface area contributed by atoms with Crippen molar-refractivity contribution < 1.29 is 19.4 Å². The number of benzene rings is 2. The quantitative estimate of drug-likeness (QED) is 0.795. The van der Waals surface area contributed by atoms with Gasteiger partial charge in [-0.3, -0.25) is 4.79 Å². The fourth-order valence-corrected chi connectivity index (χ4v) is 2.47. The molecule has 0 spiro atoms. The molecule has 1 amide bonds. The zero-order valence-corrected chi connectivity index (χ0v) is 13.7. The maximum atomic E-state index is 12.3. The van der Waals surface area contributed by atoms with E-state index in [1.54, 1.807) is 49.4 Å². The van der Waals surface area contributed by atoms with Crippen molar-refractivity contribution in [1.82, 2.24) is 5.32 Å². The van der Waals surface area contributed by atoms with Crippen LogP contribution in [0.5, 0.6) is 0 Å². The topological polar surface area (TPSA) is 75.6 Å². The van der Waals surface area contributed by atoms with Gasteiger partial charge in [-0.05, 0) is 24.6 Å². The molecule has 0 aliphatic carbocycles. The number of hydrogen-bond donors (Lipinski definition) is 2. The third kappa shape index (κ3) is 4.00. The van der Waals surface area contributed by atoms with E-state index in [2.05, 4.69) is 5.32 Å². The number of carbonyl (C=O) groups is 2. The van der Waals surface area contributed by atoms with Crippen molar-refractivity contribution in [2.45, 2.75) is 25.0 Å². The fourth-order valence-electron chi connectivity index (χ4n) is 2.47. The summed E-state index contributed by atoms with van der Waals surface area (Å²) in [7, 11) is 1.21. The third-order valence-corrected chi connectivity index (χ3v) is 3.96. The van der Waals surface area contributed by atoms with Gasteiger partial charge in [0.25, 0.3) is 5.91 Å². The van der Waals surface area contributed by atoms with E-state index in [9.17, 15) is 14.7 Å². The molecule has 126 valence electrons. The van der Waals surface area contributed by atoms with Gasteiger partial charge in [-0.25, -0.2) is 4.79 Å². The van der Waals surface area contributed by atoms with Crippen molar-refractivity contribution in [3.63, 3.8) is 0 Å². The van der Waals surface area contributed by atoms with E-state index >= 15 is 0 Å². The minimum atomic E-state index is -1.86. The highest BCUT2D eigenvalue weighted by Gasteiger charge is 2.43. The van der Waals surface area contributed by atoms with Gasteiger partial charge in [-0.15, -0.1) is 0 Å². The second-order valence-electron chi connectivity index (χ2n) is 5.64. The molecular formula is C19H21NO4. The molecule has 0 saturated heterocycles. The summed E-state index contributed by atoms with van der Waals surface area (Å²) in [6.07, 6.45) is 0.0384. The molecule has 0 bridgehead atoms. The van der Waals surface area contributed by atoms with Crippen molar-refractivity contribution in [2.24, 2.45) is 0 Å². The highest BCUT2D eigenvalue weighted by atomic mass is 16.5. The summed E-state index contributed by atoms with van der Waals surface area (Å²) in [4.78, 5) is 24.5. The van der Waals surface area contributed by atoms with E-state index in [4.69, 9.17) is 4.74 Å². The van der Waals surface area contributed by atoms with Gasteiger partial charge in [0.1, 0.15) is 0 Å². The van der Waals surface area contributed by atoms with Crippen LogP contribution in [-0.2, 0) is 16.0 Å². The first-order chi connectivity index (χ1) is 11.5. The first-order valence-electron chi connectivity index (χ1n) is 7.68. The van der Waals surface area contributed by atoms with E-state index in [-0.39, 0.29) is 12.3 Å². The second-order valence-corrected chi connectivity index (χ2v) is 5.64. The van der Waals surface area contributed by atoms with Crippen LogP contribution in [0.2, 0.25) is 0 Å². The average molecular weight is 327 g/mol. The lowest BCUT2D eigenvalue weighted by molar-refractivity contribution is -0.164. The molecule has 0 aromatic heterocycles. The number of rotatable bonds is 6. The van der Waals surface area contributed by atoms with Gasteiger partial charge in [-0.1, -0.05) is 48.5 Å². The van der Waals surface area contributed by atoms with Gasteiger partial charge in [0.2, 0.25) is 0 Å². The Balaban J connectivity index is 2.20. The molecule has 2 rings (SSSR count). The summed E-state index contributed by atoms with van der Waals surface area (Å²) in [5.41, 5.74) is -0.636. The van der Waals surface area contributed by atoms with E-state index in [0.29, 0.717) is 5.56 Å². The standard InChI is InChI=1S/C19H21NO4/c1-14(20-17(21)16-11-7-4-8-12-16)19(23,18(22)24-2)13-15-9-5-3-6-10-15/h3-12,14,23H,13H2,1-2H3,(H,20,21)/t14-,19-/m0/s1. The molecule has 2 N–H and O–H groups in total. The monoisotopic (exact) mass is 327 g/mol. The Labute approximate surface area is 141 Å². The van der Waals surface area contributed by atoms with E-state index in [1.807, 2.05) is 18.2 Å². The molecule has 0 unspecified atom stereocenters. The van der Waals surface area contributed by atoms with Crippen LogP contribution in [0.4, 0.5) is 0 Å². The summed E-state index contributed by atoms with van der Waals surface area (Å²) in [5.74, 6) is -1.15. The van der Waals surface area contributed by atoms with Gasteiger partial charge in [0, 0.05) is 12.0 Å². The Morgan fingerprint density at radius 2 is 1.62 bits per heavy atom. The largest absolute Gasteiger partial charge is 0.467 e. The van der Waals surface area contributed by atoms with Crippen molar-refractivity contribution in [3.05, 3.63) is 71.8 Å². The molecule has 0 saturated carbocycles. The van der Waals surface area contributed by atoms with Crippen LogP contribution in [-0.4, -0.2) is 35.7 Å². The van der Waals surface area contributed by atoms with E-state index in [0.717, 1.165) is 5.56 Å². The van der Waals surface area contributed by atoms with Gasteiger partial charge in [0.05, 0.1) is 13.2 Å². The van der Waals surface area contributed by atoms with Crippen molar-refractivity contribution in [3.8, 4) is 0 Å². The zero-order valence-electron chi connectivity index (χ0n) is 13.7. The lowest BCUT2D eigenvalue weighted by Gasteiger charge is -2.32. The molecule has 0 fully saturated rings. The zero-order chi connectivity index (χ0) is 17.6. The Morgan fingerprint density at radius 3 is 2.17 bits per heavy atom. The normalized spacial score (nSPS) is 14.3. The number of carbonyl (C=O) groups excluding carboxylic acids is 2. The maximum absolute atomic E-state index is 12.3. The molecule has 0 aliphatic rings. The lowest BCUT2D eigenvalue weighted by Crippen LogP contribution is -2.57. The fraction of sp³-hybridized carbons (Fsp3) is 0.263. The predicted molar refractivity (Wildman–Crippen MR) is 90.5 cm³/mol. The lowest BCUT2D eigenvalue weighted by atomic mass is 9.87. The van der Waals surface area contributed by atoms with Crippen LogP contribution >= 0.6 is 0 Å². The number of ether oxygens (including phenoxy) is 1. The highest BCUT2D eigenvalue weighted by Crippen LogP contribution is 2.20. The van der Waals surface area contributed by atoms with E-state index in [1.165, 1.54) is 7.11 Å². The predicted octanol–water partition coefficient (Wildman–Crippen LogP) is 1.95. The van der Waals surface area contributed by atoms with Crippen molar-refractivity contribution in [2.75, 3.05) is 7.11 Å². The van der Waals surface area contributed by atoms with Gasteiger partial charge < -0.3 is 15.2 Å². The van der Waals surface area contributed by atoms with Gasteiger partial charge >= 0.3 is 5.97 Å². The molecule has 24 heavy (non-hydrogen) atoms. The molecule has 2 aromatic rings. The Kier molecular flexibility index (Phi) is 5.71. The summed E-state index contributed by atoms with van der Waals surface area (Å²) in [6.45, 7) is 1.58. The van der Waals surface area contributed by atoms with Gasteiger partial charge in [0.15, 0.2) is 5.60 Å². The highest BCUT2D eigenvalue weighted by molar-refractivity contribution is 5.95. The number of methoxy groups -OCH3 is 1. The molecule has 2 aromatic carbocycles. The SMILES string of the molecule is COC(=O)[C@](O)(Cc1ccccc1)[C@H](C)NC(=O)c1ccccc1. The Morgan fingerprint density at radius 1 is 1.08 bits per heavy atom. The molecule has 5 nitrogen and oxygen atoms in total.